The van der Waals surface area contributed by atoms with Crippen molar-refractivity contribution in [1.82, 2.24) is 4.90 Å². The second-order valence-corrected chi connectivity index (χ2v) is 5.72. The van der Waals surface area contributed by atoms with Gasteiger partial charge in [0.1, 0.15) is 4.32 Å². The molecule has 1 aliphatic heterocycles. The van der Waals surface area contributed by atoms with Crippen molar-refractivity contribution in [3.05, 3.63) is 39.8 Å². The van der Waals surface area contributed by atoms with Crippen LogP contribution in [-0.4, -0.2) is 33.4 Å². The molecular weight excluding hydrogens is 290 g/mol. The fourth-order valence-corrected chi connectivity index (χ4v) is 3.05. The Morgan fingerprint density at radius 2 is 2.28 bits per heavy atom. The van der Waals surface area contributed by atoms with Crippen LogP contribution in [0.4, 0.5) is 0 Å². The van der Waals surface area contributed by atoms with Gasteiger partial charge in [-0.05, 0) is 23.8 Å². The lowest BCUT2D eigenvalue weighted by Crippen LogP contribution is -2.30. The number of benzene rings is 1. The van der Waals surface area contributed by atoms with Gasteiger partial charge in [0, 0.05) is 5.02 Å². The highest BCUT2D eigenvalue weighted by atomic mass is 35.5. The van der Waals surface area contributed by atoms with Crippen LogP contribution in [0.2, 0.25) is 5.02 Å². The zero-order chi connectivity index (χ0) is 13.1. The van der Waals surface area contributed by atoms with Gasteiger partial charge in [-0.3, -0.25) is 9.69 Å². The summed E-state index contributed by atoms with van der Waals surface area (Å²) in [5.41, 5.74) is 0.854. The quantitative estimate of drug-likeness (QED) is 0.688. The summed E-state index contributed by atoms with van der Waals surface area (Å²) < 4.78 is 0.474. The third-order valence-corrected chi connectivity index (χ3v) is 3.96. The maximum absolute atomic E-state index is 12.0. The molecule has 0 saturated carbocycles. The Kier molecular flexibility index (Phi) is 4.40. The zero-order valence-corrected chi connectivity index (χ0v) is 11.7. The number of halogens is 1. The smallest absolute Gasteiger partial charge is 0.266 e. The summed E-state index contributed by atoms with van der Waals surface area (Å²) in [5.74, 6) is -0.168. The average molecular weight is 300 g/mol. The molecule has 1 amide bonds. The summed E-state index contributed by atoms with van der Waals surface area (Å²) >= 11 is 12.2. The monoisotopic (exact) mass is 299 g/mol. The Hall–Kier alpha value is -0.880. The van der Waals surface area contributed by atoms with Crippen LogP contribution in [0.1, 0.15) is 5.56 Å². The lowest BCUT2D eigenvalue weighted by atomic mass is 10.2. The Morgan fingerprint density at radius 3 is 2.94 bits per heavy atom. The molecule has 0 unspecified atom stereocenters. The van der Waals surface area contributed by atoms with Crippen molar-refractivity contribution >= 4 is 51.9 Å². The molecule has 94 valence electrons. The fraction of sp³-hybridized carbons (Fsp3) is 0.167. The van der Waals surface area contributed by atoms with E-state index in [1.165, 1.54) is 16.7 Å². The minimum atomic E-state index is -0.168. The minimum Gasteiger partial charge on any atom is -0.395 e. The molecule has 6 heteroatoms. The number of thioether (sulfide) groups is 1. The van der Waals surface area contributed by atoms with Crippen LogP contribution in [0.5, 0.6) is 0 Å². The van der Waals surface area contributed by atoms with Crippen molar-refractivity contribution < 1.29 is 9.90 Å². The second kappa shape index (κ2) is 5.84. The van der Waals surface area contributed by atoms with Crippen molar-refractivity contribution in [2.45, 2.75) is 0 Å². The first kappa shape index (κ1) is 13.5. The van der Waals surface area contributed by atoms with E-state index in [1.807, 2.05) is 12.1 Å². The first-order valence-corrected chi connectivity index (χ1v) is 6.84. The normalized spacial score (nSPS) is 17.9. The highest BCUT2D eigenvalue weighted by Crippen LogP contribution is 2.32. The van der Waals surface area contributed by atoms with Crippen LogP contribution >= 0.6 is 35.6 Å². The Morgan fingerprint density at radius 1 is 1.50 bits per heavy atom. The minimum absolute atomic E-state index is 0.100. The third-order valence-electron chi connectivity index (χ3n) is 2.34. The number of amides is 1. The first-order valence-electron chi connectivity index (χ1n) is 5.23. The topological polar surface area (TPSA) is 40.5 Å². The molecule has 1 heterocycles. The van der Waals surface area contributed by atoms with Crippen LogP contribution in [0, 0.1) is 0 Å². The van der Waals surface area contributed by atoms with Gasteiger partial charge >= 0.3 is 0 Å². The summed E-state index contributed by atoms with van der Waals surface area (Å²) in [5, 5.41) is 9.49. The van der Waals surface area contributed by atoms with Crippen molar-refractivity contribution in [2.75, 3.05) is 13.2 Å². The summed E-state index contributed by atoms with van der Waals surface area (Å²) in [4.78, 5) is 14.0. The van der Waals surface area contributed by atoms with Gasteiger partial charge in [0.25, 0.3) is 5.91 Å². The van der Waals surface area contributed by atoms with Crippen molar-refractivity contribution in [2.24, 2.45) is 0 Å². The number of aliphatic hydroxyl groups is 1. The maximum Gasteiger partial charge on any atom is 0.266 e. The van der Waals surface area contributed by atoms with E-state index in [9.17, 15) is 4.79 Å². The van der Waals surface area contributed by atoms with Crippen LogP contribution in [0.25, 0.3) is 6.08 Å². The van der Waals surface area contributed by atoms with Crippen LogP contribution in [0.3, 0.4) is 0 Å². The number of thiocarbonyl (C=S) groups is 1. The molecule has 18 heavy (non-hydrogen) atoms. The number of carbonyl (C=O) groups excluding carboxylic acids is 1. The molecule has 0 spiro atoms. The summed E-state index contributed by atoms with van der Waals surface area (Å²) in [6.07, 6.45) is 1.75. The predicted octanol–water partition coefficient (Wildman–Crippen LogP) is 2.53. The van der Waals surface area contributed by atoms with Crippen LogP contribution in [-0.2, 0) is 4.79 Å². The fourth-order valence-electron chi connectivity index (χ4n) is 1.54. The molecule has 1 aromatic carbocycles. The van der Waals surface area contributed by atoms with Crippen LogP contribution in [0.15, 0.2) is 29.2 Å². The van der Waals surface area contributed by atoms with Gasteiger partial charge in [-0.15, -0.1) is 0 Å². The number of carbonyl (C=O) groups is 1. The van der Waals surface area contributed by atoms with E-state index in [1.54, 1.807) is 18.2 Å². The highest BCUT2D eigenvalue weighted by Gasteiger charge is 2.31. The molecule has 2 rings (SSSR count). The molecule has 0 atom stereocenters. The Labute approximate surface area is 119 Å². The number of β-amino-alcohol motifs (C(OH)–C–C–N with tert-alkyl or cyclic N) is 1. The van der Waals surface area contributed by atoms with Gasteiger partial charge in [-0.2, -0.15) is 0 Å². The third kappa shape index (κ3) is 2.92. The van der Waals surface area contributed by atoms with Gasteiger partial charge in [0.15, 0.2) is 0 Å². The summed E-state index contributed by atoms with van der Waals surface area (Å²) in [7, 11) is 0. The summed E-state index contributed by atoms with van der Waals surface area (Å²) in [6.45, 7) is 0.133. The van der Waals surface area contributed by atoms with E-state index in [-0.39, 0.29) is 19.1 Å². The van der Waals surface area contributed by atoms with Crippen molar-refractivity contribution in [1.29, 1.82) is 0 Å². The van der Waals surface area contributed by atoms with Gasteiger partial charge in [-0.1, -0.05) is 47.7 Å². The maximum atomic E-state index is 12.0. The number of hydrogen-bond acceptors (Lipinski definition) is 4. The van der Waals surface area contributed by atoms with Gasteiger partial charge in [0.05, 0.1) is 18.1 Å². The Balaban J connectivity index is 2.25. The molecular formula is C12H10ClNO2S2. The van der Waals surface area contributed by atoms with E-state index in [4.69, 9.17) is 28.9 Å². The number of rotatable bonds is 3. The molecule has 1 aliphatic rings. The number of nitrogens with zero attached hydrogens (tertiary/aromatic N) is 1. The molecule has 1 N–H and O–H groups in total. The standard InChI is InChI=1S/C12H10ClNO2S2/c13-9-3-1-2-8(6-9)7-10-11(16)14(4-5-15)12(17)18-10/h1-3,6-7,15H,4-5H2/b10-7-. The summed E-state index contributed by atoms with van der Waals surface area (Å²) in [6, 6.07) is 7.24. The molecule has 1 saturated heterocycles. The number of hydrogen-bond donors (Lipinski definition) is 1. The van der Waals surface area contributed by atoms with E-state index < -0.39 is 0 Å². The molecule has 0 aromatic heterocycles. The molecule has 0 aliphatic carbocycles. The van der Waals surface area contributed by atoms with Crippen LogP contribution < -0.4 is 0 Å². The number of aliphatic hydroxyl groups excluding tert-OH is 1. The SMILES string of the molecule is O=C1/C(=C/c2cccc(Cl)c2)SC(=S)N1CCO. The van der Waals surface area contributed by atoms with Gasteiger partial charge in [-0.25, -0.2) is 0 Å². The molecule has 1 aromatic rings. The van der Waals surface area contributed by atoms with Gasteiger partial charge < -0.3 is 5.11 Å². The first-order chi connectivity index (χ1) is 8.61. The molecule has 1 fully saturated rings. The lowest BCUT2D eigenvalue weighted by molar-refractivity contribution is -0.122. The van der Waals surface area contributed by atoms with E-state index in [0.717, 1.165) is 5.56 Å². The zero-order valence-electron chi connectivity index (χ0n) is 9.30. The van der Waals surface area contributed by atoms with Crippen molar-refractivity contribution in [3.8, 4) is 0 Å². The largest absolute Gasteiger partial charge is 0.395 e. The second-order valence-electron chi connectivity index (χ2n) is 3.61. The average Bonchev–Trinajstić information content (AvgIpc) is 2.57. The lowest BCUT2D eigenvalue weighted by Gasteiger charge is -2.11. The van der Waals surface area contributed by atoms with E-state index in [0.29, 0.717) is 14.2 Å². The molecule has 0 bridgehead atoms. The highest BCUT2D eigenvalue weighted by molar-refractivity contribution is 8.26. The van der Waals surface area contributed by atoms with E-state index in [2.05, 4.69) is 0 Å². The Bertz CT molecular complexity index is 531. The molecule has 3 nitrogen and oxygen atoms in total. The van der Waals surface area contributed by atoms with Gasteiger partial charge in [0.2, 0.25) is 0 Å². The van der Waals surface area contributed by atoms with Crippen molar-refractivity contribution in [3.63, 3.8) is 0 Å². The predicted molar refractivity (Wildman–Crippen MR) is 78.4 cm³/mol. The molecule has 0 radical (unpaired) electrons. The van der Waals surface area contributed by atoms with E-state index >= 15 is 0 Å².